The van der Waals surface area contributed by atoms with E-state index in [1.54, 1.807) is 6.07 Å². The van der Waals surface area contributed by atoms with Crippen molar-refractivity contribution in [3.63, 3.8) is 0 Å². The molecular formula is C27H23F6N. The predicted octanol–water partition coefficient (Wildman–Crippen LogP) is 7.43. The first-order valence-electron chi connectivity index (χ1n) is 11.0. The van der Waals surface area contributed by atoms with E-state index in [1.165, 1.54) is 13.0 Å². The highest BCUT2D eigenvalue weighted by molar-refractivity contribution is 5.68. The highest BCUT2D eigenvalue weighted by Crippen LogP contribution is 2.32. The lowest BCUT2D eigenvalue weighted by molar-refractivity contribution is -0.137. The average Bonchev–Trinajstić information content (AvgIpc) is 2.84. The summed E-state index contributed by atoms with van der Waals surface area (Å²) < 4.78 is 80.6. The summed E-state index contributed by atoms with van der Waals surface area (Å²) >= 11 is 0. The van der Waals surface area contributed by atoms with E-state index in [0.29, 0.717) is 36.2 Å². The van der Waals surface area contributed by atoms with E-state index in [-0.39, 0.29) is 11.1 Å². The molecule has 0 unspecified atom stereocenters. The molecule has 178 valence electrons. The van der Waals surface area contributed by atoms with Crippen molar-refractivity contribution in [1.29, 1.82) is 0 Å². The van der Waals surface area contributed by atoms with Gasteiger partial charge in [-0.2, -0.15) is 13.2 Å². The summed E-state index contributed by atoms with van der Waals surface area (Å²) in [5.41, 5.74) is 2.06. The van der Waals surface area contributed by atoms with Gasteiger partial charge in [0.25, 0.3) is 0 Å². The van der Waals surface area contributed by atoms with Crippen LogP contribution < -0.4 is 0 Å². The lowest BCUT2D eigenvalue weighted by Gasteiger charge is -2.27. The van der Waals surface area contributed by atoms with Crippen molar-refractivity contribution in [2.45, 2.75) is 25.9 Å². The van der Waals surface area contributed by atoms with Crippen LogP contribution in [0.3, 0.4) is 0 Å². The summed E-state index contributed by atoms with van der Waals surface area (Å²) in [5, 5.41) is 0. The molecule has 4 rings (SSSR count). The van der Waals surface area contributed by atoms with Crippen LogP contribution in [0.4, 0.5) is 26.3 Å². The number of nitrogens with zero attached hydrogens (tertiary/aromatic N) is 1. The Bertz CT molecular complexity index is 1210. The Morgan fingerprint density at radius 3 is 2.26 bits per heavy atom. The van der Waals surface area contributed by atoms with Gasteiger partial charge in [0.15, 0.2) is 11.6 Å². The Balaban J connectivity index is 1.37. The van der Waals surface area contributed by atoms with Gasteiger partial charge in [0.2, 0.25) is 0 Å². The molecule has 1 heterocycles. The van der Waals surface area contributed by atoms with Gasteiger partial charge in [0.1, 0.15) is 5.82 Å². The Labute approximate surface area is 194 Å². The molecule has 0 aliphatic carbocycles. The number of hydrogen-bond acceptors (Lipinski definition) is 1. The van der Waals surface area contributed by atoms with Crippen molar-refractivity contribution < 1.29 is 26.3 Å². The van der Waals surface area contributed by atoms with E-state index < -0.39 is 29.2 Å². The third kappa shape index (κ3) is 5.20. The van der Waals surface area contributed by atoms with Crippen molar-refractivity contribution in [3.8, 4) is 11.1 Å². The van der Waals surface area contributed by atoms with Gasteiger partial charge in [-0.25, -0.2) is 13.2 Å². The van der Waals surface area contributed by atoms with Crippen molar-refractivity contribution >= 4 is 5.57 Å². The minimum Gasteiger partial charge on any atom is -0.299 e. The largest absolute Gasteiger partial charge is 0.416 e. The molecule has 0 amide bonds. The van der Waals surface area contributed by atoms with E-state index in [4.69, 9.17) is 0 Å². The van der Waals surface area contributed by atoms with Gasteiger partial charge >= 0.3 is 6.18 Å². The highest BCUT2D eigenvalue weighted by atomic mass is 19.4. The van der Waals surface area contributed by atoms with Crippen LogP contribution in [0.2, 0.25) is 0 Å². The zero-order valence-corrected chi connectivity index (χ0v) is 18.5. The molecule has 0 N–H and O–H groups in total. The topological polar surface area (TPSA) is 3.24 Å². The first-order chi connectivity index (χ1) is 16.1. The van der Waals surface area contributed by atoms with Crippen molar-refractivity contribution in [2.24, 2.45) is 0 Å². The standard InChI is InChI=1S/C27H23F6N/c1-17-25(29)23(16-24(28)26(17)30)20-10-13-34(14-11-20)12-9-18-5-7-19(8-6-18)21-3-2-4-22(15-21)27(31,32)33/h2-8,10,15-16H,9,11-14H2,1H3. The highest BCUT2D eigenvalue weighted by Gasteiger charge is 2.30. The molecule has 7 heteroatoms. The lowest BCUT2D eigenvalue weighted by atomic mass is 9.96. The molecule has 1 aliphatic rings. The Morgan fingerprint density at radius 1 is 0.882 bits per heavy atom. The molecule has 0 spiro atoms. The van der Waals surface area contributed by atoms with Crippen molar-refractivity contribution in [1.82, 2.24) is 4.90 Å². The van der Waals surface area contributed by atoms with Gasteiger partial charge in [-0.3, -0.25) is 4.90 Å². The van der Waals surface area contributed by atoms with Gasteiger partial charge in [0, 0.05) is 30.8 Å². The second-order valence-corrected chi connectivity index (χ2v) is 8.46. The maximum absolute atomic E-state index is 14.4. The molecule has 3 aromatic rings. The lowest BCUT2D eigenvalue weighted by Crippen LogP contribution is -2.30. The van der Waals surface area contributed by atoms with E-state index in [2.05, 4.69) is 4.90 Å². The van der Waals surface area contributed by atoms with Crippen LogP contribution in [0.15, 0.2) is 60.7 Å². The molecule has 1 nitrogen and oxygen atoms in total. The van der Waals surface area contributed by atoms with E-state index in [9.17, 15) is 26.3 Å². The summed E-state index contributed by atoms with van der Waals surface area (Å²) in [6.45, 7) is 3.19. The summed E-state index contributed by atoms with van der Waals surface area (Å²) in [4.78, 5) is 2.18. The van der Waals surface area contributed by atoms with Crippen LogP contribution in [0.1, 0.15) is 28.7 Å². The quantitative estimate of drug-likeness (QED) is 0.274. The zero-order valence-electron chi connectivity index (χ0n) is 18.5. The van der Waals surface area contributed by atoms with Crippen LogP contribution in [-0.2, 0) is 12.6 Å². The maximum Gasteiger partial charge on any atom is 0.416 e. The minimum absolute atomic E-state index is 0.112. The average molecular weight is 475 g/mol. The molecule has 0 saturated carbocycles. The third-order valence-corrected chi connectivity index (χ3v) is 6.21. The third-order valence-electron chi connectivity index (χ3n) is 6.21. The minimum atomic E-state index is -4.38. The number of hydrogen-bond donors (Lipinski definition) is 0. The van der Waals surface area contributed by atoms with Gasteiger partial charge in [-0.05, 0) is 60.2 Å². The normalized spacial score (nSPS) is 14.9. The summed E-state index contributed by atoms with van der Waals surface area (Å²) in [7, 11) is 0. The first kappa shape index (κ1) is 24.1. The van der Waals surface area contributed by atoms with Gasteiger partial charge < -0.3 is 0 Å². The molecule has 1 aliphatic heterocycles. The van der Waals surface area contributed by atoms with E-state index in [1.807, 2.05) is 30.3 Å². The fourth-order valence-corrected chi connectivity index (χ4v) is 4.15. The summed E-state index contributed by atoms with van der Waals surface area (Å²) in [5.74, 6) is -2.93. The van der Waals surface area contributed by atoms with Crippen LogP contribution in [-0.4, -0.2) is 24.5 Å². The van der Waals surface area contributed by atoms with Crippen molar-refractivity contribution in [2.75, 3.05) is 19.6 Å². The predicted molar refractivity (Wildman–Crippen MR) is 121 cm³/mol. The number of alkyl halides is 3. The zero-order chi connectivity index (χ0) is 24.5. The Kier molecular flexibility index (Phi) is 6.84. The van der Waals surface area contributed by atoms with Crippen LogP contribution in [0, 0.1) is 24.4 Å². The van der Waals surface area contributed by atoms with Crippen molar-refractivity contribution in [3.05, 3.63) is 100 Å². The molecule has 0 radical (unpaired) electrons. The fourth-order valence-electron chi connectivity index (χ4n) is 4.15. The van der Waals surface area contributed by atoms with Gasteiger partial charge in [-0.15, -0.1) is 0 Å². The van der Waals surface area contributed by atoms with Crippen LogP contribution in [0.5, 0.6) is 0 Å². The molecule has 3 aromatic carbocycles. The molecule has 0 atom stereocenters. The number of rotatable bonds is 5. The molecular weight excluding hydrogens is 452 g/mol. The second-order valence-electron chi connectivity index (χ2n) is 8.46. The molecule has 34 heavy (non-hydrogen) atoms. The summed E-state index contributed by atoms with van der Waals surface area (Å²) in [6, 6.07) is 13.6. The second kappa shape index (κ2) is 9.66. The van der Waals surface area contributed by atoms with Gasteiger partial charge in [0.05, 0.1) is 5.56 Å². The molecule has 0 fully saturated rings. The smallest absolute Gasteiger partial charge is 0.299 e. The first-order valence-corrected chi connectivity index (χ1v) is 11.0. The monoisotopic (exact) mass is 475 g/mol. The Hall–Kier alpha value is -3.06. The fraction of sp³-hybridized carbons (Fsp3) is 0.259. The summed E-state index contributed by atoms with van der Waals surface area (Å²) in [6.07, 6.45) is -1.27. The van der Waals surface area contributed by atoms with E-state index in [0.717, 1.165) is 36.7 Å². The van der Waals surface area contributed by atoms with Gasteiger partial charge in [-0.1, -0.05) is 42.5 Å². The van der Waals surface area contributed by atoms with Crippen LogP contribution >= 0.6 is 0 Å². The Morgan fingerprint density at radius 2 is 1.62 bits per heavy atom. The van der Waals surface area contributed by atoms with E-state index >= 15 is 0 Å². The molecule has 0 aromatic heterocycles. The number of halogens is 6. The molecule has 0 bridgehead atoms. The molecule has 0 saturated heterocycles. The van der Waals surface area contributed by atoms with Crippen LogP contribution in [0.25, 0.3) is 16.7 Å². The SMILES string of the molecule is Cc1c(F)c(F)cc(C2=CCN(CCc3ccc(-c4cccc(C(F)(F)F)c4)cc3)CC2)c1F. The number of benzene rings is 3. The maximum atomic E-state index is 14.4.